The van der Waals surface area contributed by atoms with Crippen LogP contribution in [0.2, 0.25) is 0 Å². The highest BCUT2D eigenvalue weighted by Crippen LogP contribution is 2.39. The van der Waals surface area contributed by atoms with Gasteiger partial charge in [0.15, 0.2) is 12.2 Å². The molecule has 2 unspecified atom stereocenters. The predicted octanol–water partition coefficient (Wildman–Crippen LogP) is 2.43. The molecule has 1 saturated heterocycles. The van der Waals surface area contributed by atoms with Crippen molar-refractivity contribution < 1.29 is 18.3 Å². The van der Waals surface area contributed by atoms with Crippen LogP contribution in [0, 0.1) is 6.92 Å². The van der Waals surface area contributed by atoms with Crippen molar-refractivity contribution in [2.75, 3.05) is 26.3 Å². The molecule has 2 atom stereocenters. The van der Waals surface area contributed by atoms with Gasteiger partial charge in [-0.15, -0.1) is 0 Å². The minimum absolute atomic E-state index is 0.178. The van der Waals surface area contributed by atoms with Gasteiger partial charge in [-0.2, -0.15) is 0 Å². The van der Waals surface area contributed by atoms with E-state index in [0.717, 1.165) is 0 Å². The molecule has 8 heteroatoms. The number of carbonyl (C=O) groups is 1. The van der Waals surface area contributed by atoms with E-state index in [-0.39, 0.29) is 5.76 Å². The zero-order valence-electron chi connectivity index (χ0n) is 13.7. The summed E-state index contributed by atoms with van der Waals surface area (Å²) < 4.78 is 26.0. The van der Waals surface area contributed by atoms with Gasteiger partial charge in [0.25, 0.3) is 5.91 Å². The average molecular weight is 368 g/mol. The van der Waals surface area contributed by atoms with Gasteiger partial charge in [0.1, 0.15) is 0 Å². The number of halogens is 2. The quantitative estimate of drug-likeness (QED) is 0.649. The lowest BCUT2D eigenvalue weighted by molar-refractivity contribution is -0.0343. The molecule has 0 spiro atoms. The van der Waals surface area contributed by atoms with Crippen molar-refractivity contribution in [3.8, 4) is 0 Å². The maximum atomic E-state index is 15.3. The number of morpholine rings is 1. The van der Waals surface area contributed by atoms with Gasteiger partial charge in [0, 0.05) is 18.7 Å². The van der Waals surface area contributed by atoms with E-state index in [1.165, 1.54) is 6.39 Å². The summed E-state index contributed by atoms with van der Waals surface area (Å²) in [5.41, 5.74) is 0.818. The maximum absolute atomic E-state index is 15.3. The standard InChI is InChI=1S/C17H19ClFN3O3/c1-12-14(25-11-20-12)17(18,22-7-9-24-10-8-22)16(19)21-15(23)13-5-3-2-4-6-13/h2-6,11,16H,7-10H2,1H3,(H,21,23). The van der Waals surface area contributed by atoms with Crippen molar-refractivity contribution in [1.29, 1.82) is 0 Å². The van der Waals surface area contributed by atoms with Gasteiger partial charge in [-0.1, -0.05) is 29.8 Å². The summed E-state index contributed by atoms with van der Waals surface area (Å²) in [6.45, 7) is 3.33. The summed E-state index contributed by atoms with van der Waals surface area (Å²) in [6, 6.07) is 8.40. The Labute approximate surface area is 149 Å². The number of amides is 1. The molecule has 0 saturated carbocycles. The first kappa shape index (κ1) is 17.8. The first-order valence-corrected chi connectivity index (χ1v) is 8.33. The second-order valence-corrected chi connectivity index (χ2v) is 6.32. The zero-order valence-corrected chi connectivity index (χ0v) is 14.5. The first-order chi connectivity index (χ1) is 12.0. The molecule has 6 nitrogen and oxygen atoms in total. The molecule has 1 aliphatic heterocycles. The van der Waals surface area contributed by atoms with E-state index in [4.69, 9.17) is 20.8 Å². The summed E-state index contributed by atoms with van der Waals surface area (Å²) in [6.07, 6.45) is -0.694. The fourth-order valence-corrected chi connectivity index (χ4v) is 3.23. The summed E-state index contributed by atoms with van der Waals surface area (Å²) in [4.78, 5) is 16.3. The van der Waals surface area contributed by atoms with Crippen LogP contribution in [0.5, 0.6) is 0 Å². The third kappa shape index (κ3) is 3.53. The zero-order chi connectivity index (χ0) is 17.9. The Morgan fingerprint density at radius 3 is 2.64 bits per heavy atom. The van der Waals surface area contributed by atoms with Gasteiger partial charge < -0.3 is 14.5 Å². The number of hydrogen-bond acceptors (Lipinski definition) is 5. The first-order valence-electron chi connectivity index (χ1n) is 7.95. The topological polar surface area (TPSA) is 67.6 Å². The van der Waals surface area contributed by atoms with Crippen LogP contribution in [0.15, 0.2) is 41.1 Å². The predicted molar refractivity (Wildman–Crippen MR) is 90.0 cm³/mol. The highest BCUT2D eigenvalue weighted by molar-refractivity contribution is 6.24. The van der Waals surface area contributed by atoms with Gasteiger partial charge in [-0.25, -0.2) is 9.37 Å². The normalized spacial score (nSPS) is 19.2. The van der Waals surface area contributed by atoms with Crippen molar-refractivity contribution in [1.82, 2.24) is 15.2 Å². The Balaban J connectivity index is 1.88. The molecule has 3 rings (SSSR count). The third-order valence-corrected chi connectivity index (χ3v) is 4.77. The van der Waals surface area contributed by atoms with Crippen LogP contribution in [0.25, 0.3) is 0 Å². The van der Waals surface area contributed by atoms with E-state index in [1.807, 2.05) is 0 Å². The van der Waals surface area contributed by atoms with Crippen molar-refractivity contribution in [3.05, 3.63) is 53.7 Å². The Bertz CT molecular complexity index is 721. The number of nitrogens with one attached hydrogen (secondary N) is 1. The molecule has 1 N–H and O–H groups in total. The Kier molecular flexibility index (Phi) is 5.36. The van der Waals surface area contributed by atoms with Gasteiger partial charge >= 0.3 is 0 Å². The van der Waals surface area contributed by atoms with E-state index in [9.17, 15) is 4.79 Å². The highest BCUT2D eigenvalue weighted by atomic mass is 35.5. The Morgan fingerprint density at radius 1 is 1.36 bits per heavy atom. The number of oxazole rings is 1. The molecule has 1 amide bonds. The second-order valence-electron chi connectivity index (χ2n) is 5.74. The third-order valence-electron chi connectivity index (χ3n) is 4.16. The van der Waals surface area contributed by atoms with Crippen molar-refractivity contribution in [2.24, 2.45) is 0 Å². The monoisotopic (exact) mass is 367 g/mol. The van der Waals surface area contributed by atoms with Crippen LogP contribution in [-0.2, 0) is 9.73 Å². The molecule has 1 aromatic carbocycles. The van der Waals surface area contributed by atoms with Crippen molar-refractivity contribution in [3.63, 3.8) is 0 Å². The number of ether oxygens (including phenoxy) is 1. The molecule has 0 aliphatic carbocycles. The maximum Gasteiger partial charge on any atom is 0.253 e. The fraction of sp³-hybridized carbons (Fsp3) is 0.412. The van der Waals surface area contributed by atoms with E-state index in [0.29, 0.717) is 37.6 Å². The average Bonchev–Trinajstić information content (AvgIpc) is 3.08. The van der Waals surface area contributed by atoms with Crippen LogP contribution in [-0.4, -0.2) is 48.4 Å². The lowest BCUT2D eigenvalue weighted by Crippen LogP contribution is -2.58. The molecule has 0 radical (unpaired) electrons. The van der Waals surface area contributed by atoms with Crippen molar-refractivity contribution >= 4 is 17.5 Å². The van der Waals surface area contributed by atoms with E-state index in [2.05, 4.69) is 10.3 Å². The van der Waals surface area contributed by atoms with Gasteiger partial charge in [0.05, 0.1) is 18.9 Å². The summed E-state index contributed by atoms with van der Waals surface area (Å²) in [5, 5.41) is 2.34. The van der Waals surface area contributed by atoms with Gasteiger partial charge in [0.2, 0.25) is 11.3 Å². The van der Waals surface area contributed by atoms with E-state index in [1.54, 1.807) is 42.2 Å². The molecule has 1 aromatic heterocycles. The molecular formula is C17H19ClFN3O3. The molecule has 2 heterocycles. The number of rotatable bonds is 5. The number of alkyl halides is 2. The highest BCUT2D eigenvalue weighted by Gasteiger charge is 2.50. The van der Waals surface area contributed by atoms with Crippen LogP contribution < -0.4 is 5.32 Å². The molecule has 25 heavy (non-hydrogen) atoms. The lowest BCUT2D eigenvalue weighted by atomic mass is 10.1. The Hall–Kier alpha value is -1.96. The summed E-state index contributed by atoms with van der Waals surface area (Å²) in [5.74, 6) is -0.375. The molecule has 1 aliphatic rings. The molecule has 1 fully saturated rings. The van der Waals surface area contributed by atoms with Crippen LogP contribution in [0.4, 0.5) is 4.39 Å². The van der Waals surface area contributed by atoms with E-state index >= 15 is 4.39 Å². The molecular weight excluding hydrogens is 349 g/mol. The minimum Gasteiger partial charge on any atom is -0.445 e. The number of aromatic nitrogens is 1. The van der Waals surface area contributed by atoms with Crippen LogP contribution in [0.1, 0.15) is 21.8 Å². The van der Waals surface area contributed by atoms with Gasteiger partial charge in [-0.3, -0.25) is 9.69 Å². The molecule has 2 aromatic rings. The summed E-state index contributed by atoms with van der Waals surface area (Å²) in [7, 11) is 0. The van der Waals surface area contributed by atoms with Gasteiger partial charge in [-0.05, 0) is 19.1 Å². The number of carbonyl (C=O) groups excluding carboxylic acids is 1. The lowest BCUT2D eigenvalue weighted by Gasteiger charge is -2.41. The second kappa shape index (κ2) is 7.51. The largest absolute Gasteiger partial charge is 0.445 e. The fourth-order valence-electron chi connectivity index (χ4n) is 2.83. The smallest absolute Gasteiger partial charge is 0.253 e. The summed E-state index contributed by atoms with van der Waals surface area (Å²) >= 11 is 6.72. The minimum atomic E-state index is -1.91. The van der Waals surface area contributed by atoms with Crippen LogP contribution >= 0.6 is 11.6 Å². The van der Waals surface area contributed by atoms with Crippen LogP contribution in [0.3, 0.4) is 0 Å². The van der Waals surface area contributed by atoms with Crippen molar-refractivity contribution in [2.45, 2.75) is 18.2 Å². The molecule has 134 valence electrons. The SMILES string of the molecule is Cc1ncoc1C(Cl)(C(F)NC(=O)c1ccccc1)N1CCOCC1. The number of hydrogen-bond donors (Lipinski definition) is 1. The van der Waals surface area contributed by atoms with E-state index < -0.39 is 17.2 Å². The number of aryl methyl sites for hydroxylation is 1. The molecule has 0 bridgehead atoms. The number of benzene rings is 1. The number of nitrogens with zero attached hydrogens (tertiary/aromatic N) is 2. The Morgan fingerprint density at radius 2 is 2.04 bits per heavy atom.